The second kappa shape index (κ2) is 12.0. The van der Waals surface area contributed by atoms with Gasteiger partial charge in [-0.05, 0) is 13.0 Å². The molecule has 0 fully saturated rings. The average Bonchev–Trinajstić information content (AvgIpc) is 2.23. The number of amides is 2. The van der Waals surface area contributed by atoms with Crippen molar-refractivity contribution in [1.29, 1.82) is 0 Å². The van der Waals surface area contributed by atoms with E-state index >= 15 is 0 Å². The van der Waals surface area contributed by atoms with Gasteiger partial charge in [-0.3, -0.25) is 4.79 Å². The highest BCUT2D eigenvalue weighted by Crippen LogP contribution is 1.91. The number of nitrogens with two attached hydrogens (primary N) is 1. The van der Waals surface area contributed by atoms with Crippen LogP contribution in [0.1, 0.15) is 34.1 Å². The number of nitrogens with one attached hydrogen (secondary N) is 2. The van der Waals surface area contributed by atoms with E-state index in [2.05, 4.69) is 10.6 Å². The highest BCUT2D eigenvalue weighted by Gasteiger charge is 2.03. The summed E-state index contributed by atoms with van der Waals surface area (Å²) in [5.41, 5.74) is 4.73. The molecule has 5 nitrogen and oxygen atoms in total. The fraction of sp³-hybridized carbons (Fsp3) is 0.818. The lowest BCUT2D eigenvalue weighted by molar-refractivity contribution is -0.121. The van der Waals surface area contributed by atoms with Crippen LogP contribution in [-0.4, -0.2) is 31.4 Å². The van der Waals surface area contributed by atoms with Crippen LogP contribution in [0.25, 0.3) is 0 Å². The van der Waals surface area contributed by atoms with E-state index in [0.717, 1.165) is 13.0 Å². The fourth-order valence-electron chi connectivity index (χ4n) is 0.701. The molecule has 5 heteroatoms. The van der Waals surface area contributed by atoms with Crippen molar-refractivity contribution in [2.24, 2.45) is 11.7 Å². The highest BCUT2D eigenvalue weighted by atomic mass is 16.2. The van der Waals surface area contributed by atoms with Crippen molar-refractivity contribution in [3.63, 3.8) is 0 Å². The zero-order valence-electron chi connectivity index (χ0n) is 10.8. The third-order valence-corrected chi connectivity index (χ3v) is 1.74. The molecule has 0 unspecified atom stereocenters. The van der Waals surface area contributed by atoms with Gasteiger partial charge in [-0.2, -0.15) is 0 Å². The molecule has 0 saturated heterocycles. The summed E-state index contributed by atoms with van der Waals surface area (Å²) in [6.07, 6.45) is 0.933. The predicted octanol–water partition coefficient (Wildman–Crippen LogP) is 0.886. The van der Waals surface area contributed by atoms with Crippen molar-refractivity contribution in [2.75, 3.05) is 19.6 Å². The van der Waals surface area contributed by atoms with Crippen molar-refractivity contribution in [2.45, 2.75) is 34.1 Å². The normalized spacial score (nSPS) is 9.31. The lowest BCUT2D eigenvalue weighted by atomic mass is 10.1. The van der Waals surface area contributed by atoms with E-state index < -0.39 is 6.03 Å². The van der Waals surface area contributed by atoms with Gasteiger partial charge < -0.3 is 16.4 Å². The summed E-state index contributed by atoms with van der Waals surface area (Å²) in [6.45, 7) is 9.87. The second-order valence-corrected chi connectivity index (χ2v) is 3.69. The number of urea groups is 1. The lowest BCUT2D eigenvalue weighted by Gasteiger charge is -2.02. The lowest BCUT2D eigenvalue weighted by Crippen LogP contribution is -2.29. The molecule has 2 amide bonds. The minimum absolute atomic E-state index is 0.170. The Balaban J connectivity index is 0. The van der Waals surface area contributed by atoms with Gasteiger partial charge in [-0.25, -0.2) is 4.79 Å². The molecule has 0 heterocycles. The standard InChI is InChI=1S/C7H15NO.C4H10N2O/c1-4-8-5-7(9)6(2)3;1-2-3-6-4(5)7/h6,8H,4-5H2,1-3H3;2-3H2,1H3,(H3,5,6,7). The quantitative estimate of drug-likeness (QED) is 0.634. The SMILES string of the molecule is CCCNC(N)=O.CCNCC(=O)C(C)C. The minimum Gasteiger partial charge on any atom is -0.352 e. The van der Waals surface area contributed by atoms with Crippen molar-refractivity contribution in [1.82, 2.24) is 10.6 Å². The number of hydrogen-bond acceptors (Lipinski definition) is 3. The molecule has 0 aliphatic rings. The second-order valence-electron chi connectivity index (χ2n) is 3.69. The summed E-state index contributed by atoms with van der Waals surface area (Å²) < 4.78 is 0. The van der Waals surface area contributed by atoms with Gasteiger partial charge in [0.25, 0.3) is 0 Å². The maximum absolute atomic E-state index is 10.8. The van der Waals surface area contributed by atoms with Crippen molar-refractivity contribution in [3.05, 3.63) is 0 Å². The molecule has 0 aromatic rings. The zero-order valence-corrected chi connectivity index (χ0v) is 10.8. The molecule has 0 atom stereocenters. The first-order chi connectivity index (χ1) is 7.45. The van der Waals surface area contributed by atoms with E-state index in [1.165, 1.54) is 0 Å². The van der Waals surface area contributed by atoms with Gasteiger partial charge in [0.15, 0.2) is 0 Å². The number of rotatable bonds is 6. The summed E-state index contributed by atoms with van der Waals surface area (Å²) in [4.78, 5) is 20.7. The average molecular weight is 231 g/mol. The van der Waals surface area contributed by atoms with E-state index in [0.29, 0.717) is 13.1 Å². The number of Topliss-reactive ketones (excluding diaryl/α,β-unsaturated/α-hetero) is 1. The van der Waals surface area contributed by atoms with Crippen molar-refractivity contribution >= 4 is 11.8 Å². The summed E-state index contributed by atoms with van der Waals surface area (Å²) in [6, 6.07) is -0.443. The zero-order chi connectivity index (χ0) is 13.0. The van der Waals surface area contributed by atoms with Crippen LogP contribution in [0, 0.1) is 5.92 Å². The molecular weight excluding hydrogens is 206 g/mol. The molecule has 0 saturated carbocycles. The third-order valence-electron chi connectivity index (χ3n) is 1.74. The van der Waals surface area contributed by atoms with Crippen LogP contribution in [0.3, 0.4) is 0 Å². The summed E-state index contributed by atoms with van der Waals surface area (Å²) >= 11 is 0. The number of primary amides is 1. The largest absolute Gasteiger partial charge is 0.352 e. The van der Waals surface area contributed by atoms with Gasteiger partial charge in [0.05, 0.1) is 6.54 Å². The summed E-state index contributed by atoms with van der Waals surface area (Å²) in [7, 11) is 0. The maximum Gasteiger partial charge on any atom is 0.312 e. The van der Waals surface area contributed by atoms with Crippen LogP contribution in [0.4, 0.5) is 4.79 Å². The van der Waals surface area contributed by atoms with Gasteiger partial charge in [-0.1, -0.05) is 27.7 Å². The molecule has 0 spiro atoms. The number of carbonyl (C=O) groups is 2. The molecular formula is C11H25N3O2. The fourth-order valence-corrected chi connectivity index (χ4v) is 0.701. The Labute approximate surface area is 98.2 Å². The van der Waals surface area contributed by atoms with Gasteiger partial charge in [0.1, 0.15) is 5.78 Å². The third kappa shape index (κ3) is 15.4. The Hall–Kier alpha value is -1.10. The first kappa shape index (κ1) is 17.3. The number of carbonyl (C=O) groups excluding carboxylic acids is 2. The Morgan fingerprint density at radius 1 is 1.25 bits per heavy atom. The monoisotopic (exact) mass is 231 g/mol. The van der Waals surface area contributed by atoms with E-state index in [1.807, 2.05) is 27.7 Å². The van der Waals surface area contributed by atoms with Crippen molar-refractivity contribution in [3.8, 4) is 0 Å². The van der Waals surface area contributed by atoms with Crippen LogP contribution >= 0.6 is 0 Å². The van der Waals surface area contributed by atoms with Gasteiger partial charge in [0.2, 0.25) is 0 Å². The molecule has 96 valence electrons. The smallest absolute Gasteiger partial charge is 0.312 e. The molecule has 4 N–H and O–H groups in total. The first-order valence-electron chi connectivity index (χ1n) is 5.72. The molecule has 0 aliphatic carbocycles. The van der Waals surface area contributed by atoms with Crippen molar-refractivity contribution < 1.29 is 9.59 Å². The molecule has 0 aromatic heterocycles. The summed E-state index contributed by atoms with van der Waals surface area (Å²) in [5, 5.41) is 5.41. The van der Waals surface area contributed by atoms with Gasteiger partial charge >= 0.3 is 6.03 Å². The van der Waals surface area contributed by atoms with Crippen LogP contribution in [0.2, 0.25) is 0 Å². The van der Waals surface area contributed by atoms with E-state index in [1.54, 1.807) is 0 Å². The van der Waals surface area contributed by atoms with Crippen LogP contribution < -0.4 is 16.4 Å². The summed E-state index contributed by atoms with van der Waals surface area (Å²) in [5.74, 6) is 0.459. The van der Waals surface area contributed by atoms with Crippen LogP contribution in [0.5, 0.6) is 0 Å². The Bertz CT molecular complexity index is 194. The Morgan fingerprint density at radius 3 is 2.06 bits per heavy atom. The number of hydrogen-bond donors (Lipinski definition) is 3. The van der Waals surface area contributed by atoms with Gasteiger partial charge in [-0.15, -0.1) is 0 Å². The molecule has 0 aromatic carbocycles. The topological polar surface area (TPSA) is 84.2 Å². The predicted molar refractivity (Wildman–Crippen MR) is 66.3 cm³/mol. The molecule has 0 radical (unpaired) electrons. The Kier molecular flexibility index (Phi) is 12.9. The van der Waals surface area contributed by atoms with E-state index in [-0.39, 0.29) is 11.7 Å². The van der Waals surface area contributed by atoms with Crippen LogP contribution in [0.15, 0.2) is 0 Å². The van der Waals surface area contributed by atoms with E-state index in [9.17, 15) is 9.59 Å². The van der Waals surface area contributed by atoms with Gasteiger partial charge in [0, 0.05) is 12.5 Å². The Morgan fingerprint density at radius 2 is 1.81 bits per heavy atom. The van der Waals surface area contributed by atoms with E-state index in [4.69, 9.17) is 5.73 Å². The molecule has 0 rings (SSSR count). The van der Waals surface area contributed by atoms with Crippen LogP contribution in [-0.2, 0) is 4.79 Å². The highest BCUT2D eigenvalue weighted by molar-refractivity contribution is 5.82. The maximum atomic E-state index is 10.8. The number of likely N-dealkylation sites (N-methyl/N-ethyl adjacent to an activating group) is 1. The molecule has 16 heavy (non-hydrogen) atoms. The molecule has 0 aliphatic heterocycles. The minimum atomic E-state index is -0.443. The first-order valence-corrected chi connectivity index (χ1v) is 5.72. The molecule has 0 bridgehead atoms. The number of ketones is 1.